The van der Waals surface area contributed by atoms with Crippen LogP contribution < -0.4 is 24.8 Å². The molecule has 0 radical (unpaired) electrons. The summed E-state index contributed by atoms with van der Waals surface area (Å²) in [5, 5.41) is 5.71. The lowest BCUT2D eigenvalue weighted by Crippen LogP contribution is -2.22. The molecule has 0 aliphatic heterocycles. The summed E-state index contributed by atoms with van der Waals surface area (Å²) >= 11 is 0. The number of anilines is 2. The van der Waals surface area contributed by atoms with Crippen molar-refractivity contribution in [2.24, 2.45) is 0 Å². The van der Waals surface area contributed by atoms with Crippen molar-refractivity contribution >= 4 is 17.4 Å². The molecule has 140 valence electrons. The van der Waals surface area contributed by atoms with Crippen LogP contribution in [0.2, 0.25) is 0 Å². The summed E-state index contributed by atoms with van der Waals surface area (Å²) in [6, 6.07) is 10.8. The number of benzene rings is 2. The van der Waals surface area contributed by atoms with Gasteiger partial charge in [-0.1, -0.05) is 39.0 Å². The van der Waals surface area contributed by atoms with E-state index in [0.29, 0.717) is 22.9 Å². The molecule has 0 saturated heterocycles. The number of carbonyl (C=O) groups is 1. The first kappa shape index (κ1) is 19.4. The molecule has 0 fully saturated rings. The van der Waals surface area contributed by atoms with Gasteiger partial charge in [-0.15, -0.1) is 0 Å². The smallest absolute Gasteiger partial charge is 0.323 e. The normalized spacial score (nSPS) is 10.8. The van der Waals surface area contributed by atoms with Crippen molar-refractivity contribution in [3.8, 4) is 17.2 Å². The van der Waals surface area contributed by atoms with E-state index in [4.69, 9.17) is 14.2 Å². The average Bonchev–Trinajstić information content (AvgIpc) is 2.60. The molecule has 2 amide bonds. The van der Waals surface area contributed by atoms with Gasteiger partial charge in [0, 0.05) is 17.8 Å². The molecule has 0 saturated carbocycles. The van der Waals surface area contributed by atoms with Crippen molar-refractivity contribution in [3.63, 3.8) is 0 Å². The van der Waals surface area contributed by atoms with E-state index in [0.717, 1.165) is 11.3 Å². The molecule has 0 aliphatic carbocycles. The highest BCUT2D eigenvalue weighted by molar-refractivity contribution is 6.00. The highest BCUT2D eigenvalue weighted by atomic mass is 16.5. The molecule has 0 bridgehead atoms. The van der Waals surface area contributed by atoms with Gasteiger partial charge in [-0.3, -0.25) is 0 Å². The molecule has 6 heteroatoms. The van der Waals surface area contributed by atoms with Crippen LogP contribution in [0.15, 0.2) is 36.4 Å². The molecule has 6 nitrogen and oxygen atoms in total. The van der Waals surface area contributed by atoms with E-state index < -0.39 is 0 Å². The average molecular weight is 358 g/mol. The topological polar surface area (TPSA) is 68.8 Å². The monoisotopic (exact) mass is 358 g/mol. The Labute approximate surface area is 154 Å². The number of hydrogen-bond donors (Lipinski definition) is 2. The van der Waals surface area contributed by atoms with E-state index in [1.54, 1.807) is 12.1 Å². The van der Waals surface area contributed by atoms with Crippen molar-refractivity contribution in [1.29, 1.82) is 0 Å². The van der Waals surface area contributed by atoms with Crippen molar-refractivity contribution < 1.29 is 19.0 Å². The first-order valence-electron chi connectivity index (χ1n) is 8.27. The van der Waals surface area contributed by atoms with Gasteiger partial charge in [0.25, 0.3) is 0 Å². The summed E-state index contributed by atoms with van der Waals surface area (Å²) < 4.78 is 15.9. The summed E-state index contributed by atoms with van der Waals surface area (Å²) in [5.41, 5.74) is 2.27. The largest absolute Gasteiger partial charge is 0.493 e. The van der Waals surface area contributed by atoms with Gasteiger partial charge >= 0.3 is 6.03 Å². The second-order valence-corrected chi connectivity index (χ2v) is 6.79. The number of para-hydroxylation sites is 1. The van der Waals surface area contributed by atoms with Gasteiger partial charge < -0.3 is 24.8 Å². The van der Waals surface area contributed by atoms with Crippen molar-refractivity contribution in [2.75, 3.05) is 32.0 Å². The standard InChI is InChI=1S/C20H26N2O4/c1-20(2,3)14-9-7-8-10-15(14)22-19(23)21-13-11-16(24-4)18(26-6)17(12-13)25-5/h7-12H,1-6H3,(H2,21,22,23). The molecule has 0 heterocycles. The van der Waals surface area contributed by atoms with E-state index in [1.807, 2.05) is 24.3 Å². The van der Waals surface area contributed by atoms with Crippen LogP contribution in [-0.4, -0.2) is 27.4 Å². The van der Waals surface area contributed by atoms with Gasteiger partial charge in [-0.05, 0) is 17.0 Å². The Morgan fingerprint density at radius 2 is 1.46 bits per heavy atom. The van der Waals surface area contributed by atoms with Crippen molar-refractivity contribution in [3.05, 3.63) is 42.0 Å². The van der Waals surface area contributed by atoms with E-state index >= 15 is 0 Å². The summed E-state index contributed by atoms with van der Waals surface area (Å²) in [6.07, 6.45) is 0. The molecule has 2 aromatic carbocycles. The molecule has 0 aromatic heterocycles. The van der Waals surface area contributed by atoms with Gasteiger partial charge in [-0.25, -0.2) is 4.79 Å². The lowest BCUT2D eigenvalue weighted by Gasteiger charge is -2.23. The zero-order chi connectivity index (χ0) is 19.3. The lowest BCUT2D eigenvalue weighted by molar-refractivity contribution is 0.262. The van der Waals surface area contributed by atoms with Crippen LogP contribution in [0.5, 0.6) is 17.2 Å². The molecule has 0 spiro atoms. The van der Waals surface area contributed by atoms with Crippen molar-refractivity contribution in [1.82, 2.24) is 0 Å². The lowest BCUT2D eigenvalue weighted by atomic mass is 9.86. The zero-order valence-corrected chi connectivity index (χ0v) is 16.1. The fourth-order valence-electron chi connectivity index (χ4n) is 2.68. The van der Waals surface area contributed by atoms with Crippen molar-refractivity contribution in [2.45, 2.75) is 26.2 Å². The predicted molar refractivity (Wildman–Crippen MR) is 104 cm³/mol. The maximum atomic E-state index is 12.5. The third-order valence-electron chi connectivity index (χ3n) is 3.91. The minimum atomic E-state index is -0.351. The van der Waals surface area contributed by atoms with E-state index in [-0.39, 0.29) is 11.4 Å². The molecule has 26 heavy (non-hydrogen) atoms. The number of ether oxygens (including phenoxy) is 3. The Hall–Kier alpha value is -2.89. The fraction of sp³-hybridized carbons (Fsp3) is 0.350. The number of urea groups is 1. The maximum absolute atomic E-state index is 12.5. The Bertz CT molecular complexity index is 757. The van der Waals surface area contributed by atoms with Crippen LogP contribution in [0.3, 0.4) is 0 Å². The maximum Gasteiger partial charge on any atom is 0.323 e. The summed E-state index contributed by atoms with van der Waals surface area (Å²) in [4.78, 5) is 12.5. The molecule has 0 atom stereocenters. The minimum absolute atomic E-state index is 0.0869. The second kappa shape index (κ2) is 7.99. The third kappa shape index (κ3) is 4.39. The van der Waals surface area contributed by atoms with Crippen LogP contribution in [-0.2, 0) is 5.41 Å². The number of nitrogens with one attached hydrogen (secondary N) is 2. The zero-order valence-electron chi connectivity index (χ0n) is 16.1. The van der Waals surface area contributed by atoms with E-state index in [2.05, 4.69) is 31.4 Å². The predicted octanol–water partition coefficient (Wildman–Crippen LogP) is 4.65. The highest BCUT2D eigenvalue weighted by Gasteiger charge is 2.19. The first-order chi connectivity index (χ1) is 12.3. The number of hydrogen-bond acceptors (Lipinski definition) is 4. The summed E-state index contributed by atoms with van der Waals surface area (Å²) in [6.45, 7) is 6.31. The molecule has 2 aromatic rings. The number of rotatable bonds is 5. The molecule has 0 unspecified atom stereocenters. The van der Waals surface area contributed by atoms with Gasteiger partial charge in [-0.2, -0.15) is 0 Å². The third-order valence-corrected chi connectivity index (χ3v) is 3.91. The molecular weight excluding hydrogens is 332 g/mol. The second-order valence-electron chi connectivity index (χ2n) is 6.79. The Morgan fingerprint density at radius 1 is 0.885 bits per heavy atom. The van der Waals surface area contributed by atoms with Crippen LogP contribution in [0, 0.1) is 0 Å². The number of carbonyl (C=O) groups excluding carboxylic acids is 1. The number of methoxy groups -OCH3 is 3. The Balaban J connectivity index is 2.24. The number of amides is 2. The SMILES string of the molecule is COc1cc(NC(=O)Nc2ccccc2C(C)(C)C)cc(OC)c1OC. The molecule has 0 aliphatic rings. The molecule has 2 rings (SSSR count). The minimum Gasteiger partial charge on any atom is -0.493 e. The Morgan fingerprint density at radius 3 is 1.96 bits per heavy atom. The van der Waals surface area contributed by atoms with Gasteiger partial charge in [0.2, 0.25) is 5.75 Å². The first-order valence-corrected chi connectivity index (χ1v) is 8.27. The van der Waals surface area contributed by atoms with Gasteiger partial charge in [0.05, 0.1) is 27.0 Å². The Kier molecular flexibility index (Phi) is 5.97. The summed E-state index contributed by atoms with van der Waals surface area (Å²) in [5.74, 6) is 1.41. The highest BCUT2D eigenvalue weighted by Crippen LogP contribution is 2.40. The summed E-state index contributed by atoms with van der Waals surface area (Å²) in [7, 11) is 4.59. The quantitative estimate of drug-likeness (QED) is 0.816. The molecular formula is C20H26N2O4. The van der Waals surface area contributed by atoms with E-state index in [1.165, 1.54) is 21.3 Å². The fourth-order valence-corrected chi connectivity index (χ4v) is 2.68. The van der Waals surface area contributed by atoms with Gasteiger partial charge in [0.15, 0.2) is 11.5 Å². The molecule has 2 N–H and O–H groups in total. The van der Waals surface area contributed by atoms with E-state index in [9.17, 15) is 4.79 Å². The van der Waals surface area contributed by atoms with Crippen LogP contribution >= 0.6 is 0 Å². The van der Waals surface area contributed by atoms with Gasteiger partial charge in [0.1, 0.15) is 0 Å². The van der Waals surface area contributed by atoms with Crippen LogP contribution in [0.25, 0.3) is 0 Å². The van der Waals surface area contributed by atoms with Crippen LogP contribution in [0.1, 0.15) is 26.3 Å². The van der Waals surface area contributed by atoms with Crippen LogP contribution in [0.4, 0.5) is 16.2 Å².